The van der Waals surface area contributed by atoms with E-state index < -0.39 is 34.9 Å². The molecule has 3 aromatic carbocycles. The molecular formula is C43H50F6O4. The van der Waals surface area contributed by atoms with E-state index in [0.29, 0.717) is 91.3 Å². The number of hydrogen-bond acceptors (Lipinski definition) is 4. The largest absolute Gasteiger partial charge is 0.348 e. The molecule has 1 aliphatic heterocycles. The number of carbonyl (C=O) groups excluding carboxylic acids is 2. The van der Waals surface area contributed by atoms with Gasteiger partial charge in [0, 0.05) is 38.5 Å². The molecule has 3 saturated carbocycles. The maximum atomic E-state index is 13.8. The van der Waals surface area contributed by atoms with Crippen LogP contribution in [0.3, 0.4) is 0 Å². The fourth-order valence-electron chi connectivity index (χ4n) is 7.18. The average molecular weight is 745 g/mol. The number of carbonyl (C=O) groups is 2. The molecule has 0 aromatic heterocycles. The zero-order chi connectivity index (χ0) is 38.7. The topological polar surface area (TPSA) is 52.6 Å². The van der Waals surface area contributed by atoms with Gasteiger partial charge in [-0.05, 0) is 111 Å². The number of benzene rings is 3. The van der Waals surface area contributed by atoms with Crippen molar-refractivity contribution in [2.24, 2.45) is 5.92 Å². The number of rotatable bonds is 3. The van der Waals surface area contributed by atoms with Crippen molar-refractivity contribution in [2.45, 2.75) is 115 Å². The molecule has 0 N–H and O–H groups in total. The molecule has 1 heterocycles. The molecule has 0 unspecified atom stereocenters. The Bertz CT molecular complexity index is 1680. The maximum absolute atomic E-state index is 13.8. The van der Waals surface area contributed by atoms with Crippen LogP contribution < -0.4 is 0 Å². The Morgan fingerprint density at radius 3 is 1.49 bits per heavy atom. The molecule has 4 nitrogen and oxygen atoms in total. The van der Waals surface area contributed by atoms with Gasteiger partial charge in [-0.3, -0.25) is 9.59 Å². The predicted molar refractivity (Wildman–Crippen MR) is 193 cm³/mol. The minimum atomic E-state index is -0.782. The summed E-state index contributed by atoms with van der Waals surface area (Å²) in [5, 5.41) is 0. The second-order valence-electron chi connectivity index (χ2n) is 14.4. The molecular weight excluding hydrogens is 694 g/mol. The zero-order valence-electron chi connectivity index (χ0n) is 30.9. The highest BCUT2D eigenvalue weighted by atomic mass is 19.2. The molecule has 288 valence electrons. The first-order valence-corrected chi connectivity index (χ1v) is 18.5. The van der Waals surface area contributed by atoms with Gasteiger partial charge in [0.05, 0.1) is 13.2 Å². The predicted octanol–water partition coefficient (Wildman–Crippen LogP) is 11.4. The molecule has 3 aromatic rings. The molecule has 7 rings (SSSR count). The highest BCUT2D eigenvalue weighted by molar-refractivity contribution is 5.79. The van der Waals surface area contributed by atoms with E-state index in [4.69, 9.17) is 9.47 Å². The Morgan fingerprint density at radius 2 is 1.04 bits per heavy atom. The lowest BCUT2D eigenvalue weighted by molar-refractivity contribution is -0.179. The van der Waals surface area contributed by atoms with Gasteiger partial charge in [0.25, 0.3) is 0 Å². The summed E-state index contributed by atoms with van der Waals surface area (Å²) in [5.74, 6) is -3.45. The summed E-state index contributed by atoms with van der Waals surface area (Å²) in [6, 6.07) is 10.8. The van der Waals surface area contributed by atoms with Crippen LogP contribution in [0.5, 0.6) is 0 Å². The molecule has 3 aliphatic carbocycles. The van der Waals surface area contributed by atoms with Crippen LogP contribution in [0.4, 0.5) is 26.3 Å². The second kappa shape index (κ2) is 19.5. The van der Waals surface area contributed by atoms with Crippen molar-refractivity contribution in [2.75, 3.05) is 13.2 Å². The van der Waals surface area contributed by atoms with Crippen molar-refractivity contribution in [1.29, 1.82) is 0 Å². The number of hydrogen-bond donors (Lipinski definition) is 0. The first-order valence-electron chi connectivity index (χ1n) is 18.5. The maximum Gasteiger partial charge on any atom is 0.169 e. The molecule has 0 bridgehead atoms. The van der Waals surface area contributed by atoms with E-state index in [9.17, 15) is 35.9 Å². The molecule has 0 amide bonds. The van der Waals surface area contributed by atoms with Gasteiger partial charge in [-0.15, -0.1) is 6.58 Å². The summed E-state index contributed by atoms with van der Waals surface area (Å²) in [6.07, 6.45) is 10.9. The van der Waals surface area contributed by atoms with Gasteiger partial charge < -0.3 is 9.47 Å². The summed E-state index contributed by atoms with van der Waals surface area (Å²) in [4.78, 5) is 22.0. The summed E-state index contributed by atoms with van der Waals surface area (Å²) in [6.45, 7) is 9.84. The normalized spacial score (nSPS) is 21.1. The van der Waals surface area contributed by atoms with Crippen LogP contribution in [-0.4, -0.2) is 30.6 Å². The monoisotopic (exact) mass is 744 g/mol. The quantitative estimate of drug-likeness (QED) is 0.198. The lowest BCUT2D eigenvalue weighted by Crippen LogP contribution is -2.35. The van der Waals surface area contributed by atoms with E-state index >= 15 is 0 Å². The van der Waals surface area contributed by atoms with E-state index in [2.05, 4.69) is 6.58 Å². The fraction of sp³-hybridized carbons (Fsp3) is 0.488. The van der Waals surface area contributed by atoms with Crippen molar-refractivity contribution in [1.82, 2.24) is 0 Å². The van der Waals surface area contributed by atoms with Crippen molar-refractivity contribution >= 4 is 11.6 Å². The number of ether oxygens (including phenoxy) is 2. The third kappa shape index (κ3) is 11.4. The van der Waals surface area contributed by atoms with E-state index in [1.54, 1.807) is 38.1 Å². The summed E-state index contributed by atoms with van der Waals surface area (Å²) in [7, 11) is 0. The van der Waals surface area contributed by atoms with Crippen molar-refractivity contribution in [3.05, 3.63) is 118 Å². The Kier molecular flexibility index (Phi) is 15.5. The van der Waals surface area contributed by atoms with Crippen LogP contribution in [0.1, 0.15) is 117 Å². The Labute approximate surface area is 309 Å². The zero-order valence-corrected chi connectivity index (χ0v) is 30.9. The Hall–Kier alpha value is -3.76. The molecule has 10 heteroatoms. The molecule has 4 fully saturated rings. The summed E-state index contributed by atoms with van der Waals surface area (Å²) in [5.41, 5.74) is 2.03. The molecule has 0 atom stereocenters. The smallest absolute Gasteiger partial charge is 0.169 e. The van der Waals surface area contributed by atoms with Crippen LogP contribution >= 0.6 is 0 Å². The van der Waals surface area contributed by atoms with Gasteiger partial charge in [0.1, 0.15) is 11.6 Å². The standard InChI is InChI=1S/C15H18F2.C13H14F2O.C8H12O3.C7H6F2/c1-3-11-5-7-12(8-6-11)13-9-4-10(2)14(16)15(13)17;1-8-2-7-11(13(15)12(8)14)9-3-5-10(16)6-4-9;9-7-1-3-8(4-2-7)10-5-6-11-8;1-5-3-2-4-6(8)7(5)9/h3-4,9,11-12H,1,5-8H2,2H3;2,7,9H,3-6H2,1H3;1-6H2;2-4H,1H3. The highest BCUT2D eigenvalue weighted by Gasteiger charge is 2.39. The number of halogens is 6. The van der Waals surface area contributed by atoms with E-state index in [1.807, 2.05) is 6.08 Å². The average Bonchev–Trinajstić information content (AvgIpc) is 3.63. The lowest BCUT2D eigenvalue weighted by atomic mass is 9.78. The van der Waals surface area contributed by atoms with Crippen LogP contribution in [-0.2, 0) is 19.1 Å². The molecule has 1 saturated heterocycles. The number of ketones is 2. The number of Topliss-reactive ketones (excluding diaryl/α,β-unsaturated/α-hetero) is 2. The molecule has 53 heavy (non-hydrogen) atoms. The molecule has 4 aliphatic rings. The number of allylic oxidation sites excluding steroid dienone is 1. The first kappa shape index (κ1) is 42.0. The van der Waals surface area contributed by atoms with Crippen LogP contribution in [0.15, 0.2) is 55.1 Å². The summed E-state index contributed by atoms with van der Waals surface area (Å²) < 4.78 is 89.9. The summed E-state index contributed by atoms with van der Waals surface area (Å²) >= 11 is 0. The van der Waals surface area contributed by atoms with Crippen LogP contribution in [0.2, 0.25) is 0 Å². The second-order valence-corrected chi connectivity index (χ2v) is 14.4. The highest BCUT2D eigenvalue weighted by Crippen LogP contribution is 2.38. The number of aryl methyl sites for hydroxylation is 3. The van der Waals surface area contributed by atoms with Gasteiger partial charge in [-0.25, -0.2) is 26.3 Å². The third-order valence-corrected chi connectivity index (χ3v) is 10.7. The minimum absolute atomic E-state index is 0.00667. The van der Waals surface area contributed by atoms with Gasteiger partial charge in [0.15, 0.2) is 40.7 Å². The molecule has 0 radical (unpaired) electrons. The minimum Gasteiger partial charge on any atom is -0.348 e. The van der Waals surface area contributed by atoms with Crippen LogP contribution in [0, 0.1) is 61.6 Å². The van der Waals surface area contributed by atoms with Gasteiger partial charge in [-0.1, -0.05) is 42.5 Å². The van der Waals surface area contributed by atoms with Crippen molar-refractivity contribution < 1.29 is 45.4 Å². The van der Waals surface area contributed by atoms with E-state index in [-0.39, 0.29) is 23.4 Å². The van der Waals surface area contributed by atoms with E-state index in [1.165, 1.54) is 19.1 Å². The lowest BCUT2D eigenvalue weighted by Gasteiger charge is -2.30. The SMILES string of the molecule is C=CC1CCC(c2ccc(C)c(F)c2F)CC1.Cc1ccc(C2CCC(=O)CC2)c(F)c1F.Cc1cccc(F)c1F.O=C1CCC2(CC1)OCCO2. The Morgan fingerprint density at radius 1 is 0.585 bits per heavy atom. The van der Waals surface area contributed by atoms with Crippen molar-refractivity contribution in [3.8, 4) is 0 Å². The molecule has 1 spiro atoms. The first-order chi connectivity index (χ1) is 25.2. The van der Waals surface area contributed by atoms with E-state index in [0.717, 1.165) is 44.6 Å². The fourth-order valence-corrected chi connectivity index (χ4v) is 7.18. The van der Waals surface area contributed by atoms with Gasteiger partial charge in [0.2, 0.25) is 0 Å². The Balaban J connectivity index is 0.000000162. The third-order valence-electron chi connectivity index (χ3n) is 10.7. The van der Waals surface area contributed by atoms with Crippen LogP contribution in [0.25, 0.3) is 0 Å². The van der Waals surface area contributed by atoms with Gasteiger partial charge in [-0.2, -0.15) is 0 Å². The van der Waals surface area contributed by atoms with Gasteiger partial charge >= 0.3 is 0 Å². The van der Waals surface area contributed by atoms with Crippen molar-refractivity contribution in [3.63, 3.8) is 0 Å².